The van der Waals surface area contributed by atoms with Gasteiger partial charge >= 0.3 is 0 Å². The second kappa shape index (κ2) is 7.16. The van der Waals surface area contributed by atoms with Crippen molar-refractivity contribution in [2.75, 3.05) is 26.2 Å². The SMILES string of the molecule is CC(c1ccccc1)N1CCN(C(=O)c2ccccc2Cl)CC1. The van der Waals surface area contributed by atoms with Gasteiger partial charge in [-0.25, -0.2) is 0 Å². The van der Waals surface area contributed by atoms with Crippen LogP contribution in [0.15, 0.2) is 54.6 Å². The summed E-state index contributed by atoms with van der Waals surface area (Å²) in [7, 11) is 0. The number of rotatable bonds is 3. The van der Waals surface area contributed by atoms with Gasteiger partial charge in [0, 0.05) is 32.2 Å². The Kier molecular flexibility index (Phi) is 4.99. The lowest BCUT2D eigenvalue weighted by Gasteiger charge is -2.38. The van der Waals surface area contributed by atoms with Crippen LogP contribution in [0.5, 0.6) is 0 Å². The molecule has 0 aliphatic carbocycles. The molecule has 1 aliphatic heterocycles. The Morgan fingerprint density at radius 3 is 2.22 bits per heavy atom. The summed E-state index contributed by atoms with van der Waals surface area (Å²) in [4.78, 5) is 16.9. The number of benzene rings is 2. The number of halogens is 1. The summed E-state index contributed by atoms with van der Waals surface area (Å²) >= 11 is 6.14. The highest BCUT2D eigenvalue weighted by Crippen LogP contribution is 2.23. The summed E-state index contributed by atoms with van der Waals surface area (Å²) in [6, 6.07) is 18.1. The average Bonchev–Trinajstić information content (AvgIpc) is 2.62. The molecule has 0 aromatic heterocycles. The van der Waals surface area contributed by atoms with Crippen molar-refractivity contribution in [2.45, 2.75) is 13.0 Å². The predicted octanol–water partition coefficient (Wildman–Crippen LogP) is 3.86. The zero-order valence-corrected chi connectivity index (χ0v) is 14.0. The van der Waals surface area contributed by atoms with Gasteiger partial charge in [-0.2, -0.15) is 0 Å². The third kappa shape index (κ3) is 3.57. The second-order valence-corrected chi connectivity index (χ2v) is 6.30. The predicted molar refractivity (Wildman–Crippen MR) is 93.8 cm³/mol. The summed E-state index contributed by atoms with van der Waals surface area (Å²) in [5.41, 5.74) is 1.91. The number of nitrogens with zero attached hydrogens (tertiary/aromatic N) is 2. The monoisotopic (exact) mass is 328 g/mol. The third-order valence-electron chi connectivity index (χ3n) is 4.54. The molecule has 3 nitrogen and oxygen atoms in total. The lowest BCUT2D eigenvalue weighted by Crippen LogP contribution is -2.49. The minimum atomic E-state index is 0.0302. The van der Waals surface area contributed by atoms with Crippen molar-refractivity contribution in [2.24, 2.45) is 0 Å². The van der Waals surface area contributed by atoms with E-state index in [1.54, 1.807) is 12.1 Å². The summed E-state index contributed by atoms with van der Waals surface area (Å²) in [6.07, 6.45) is 0. The standard InChI is InChI=1S/C19H21ClN2O/c1-15(16-7-3-2-4-8-16)21-11-13-22(14-12-21)19(23)17-9-5-6-10-18(17)20/h2-10,15H,11-14H2,1H3. The van der Waals surface area contributed by atoms with E-state index in [9.17, 15) is 4.79 Å². The zero-order valence-electron chi connectivity index (χ0n) is 13.3. The fourth-order valence-electron chi connectivity index (χ4n) is 3.06. The lowest BCUT2D eigenvalue weighted by atomic mass is 10.1. The topological polar surface area (TPSA) is 23.6 Å². The Hall–Kier alpha value is -1.84. The van der Waals surface area contributed by atoms with E-state index in [4.69, 9.17) is 11.6 Å². The van der Waals surface area contributed by atoms with E-state index >= 15 is 0 Å². The molecule has 0 N–H and O–H groups in total. The summed E-state index contributed by atoms with van der Waals surface area (Å²) in [5.74, 6) is 0.0302. The van der Waals surface area contributed by atoms with Crippen LogP contribution in [0.25, 0.3) is 0 Å². The maximum atomic E-state index is 12.6. The van der Waals surface area contributed by atoms with Crippen molar-refractivity contribution in [1.82, 2.24) is 9.80 Å². The molecular formula is C19H21ClN2O. The molecule has 1 saturated heterocycles. The van der Waals surface area contributed by atoms with Gasteiger partial charge in [-0.3, -0.25) is 9.69 Å². The second-order valence-electron chi connectivity index (χ2n) is 5.89. The molecule has 120 valence electrons. The van der Waals surface area contributed by atoms with E-state index in [2.05, 4.69) is 36.1 Å². The molecule has 1 heterocycles. The molecule has 1 unspecified atom stereocenters. The molecule has 0 saturated carbocycles. The molecule has 1 atom stereocenters. The van der Waals surface area contributed by atoms with Gasteiger partial charge < -0.3 is 4.90 Å². The highest BCUT2D eigenvalue weighted by atomic mass is 35.5. The van der Waals surface area contributed by atoms with Crippen molar-refractivity contribution < 1.29 is 4.79 Å². The first-order valence-corrected chi connectivity index (χ1v) is 8.37. The van der Waals surface area contributed by atoms with Gasteiger partial charge in [0.1, 0.15) is 0 Å². The fraction of sp³-hybridized carbons (Fsp3) is 0.316. The van der Waals surface area contributed by atoms with Gasteiger partial charge in [-0.05, 0) is 24.6 Å². The van der Waals surface area contributed by atoms with Crippen molar-refractivity contribution in [3.05, 3.63) is 70.7 Å². The van der Waals surface area contributed by atoms with Crippen molar-refractivity contribution in [1.29, 1.82) is 0 Å². The van der Waals surface area contributed by atoms with Crippen molar-refractivity contribution in [3.8, 4) is 0 Å². The summed E-state index contributed by atoms with van der Waals surface area (Å²) < 4.78 is 0. The van der Waals surface area contributed by atoms with Crippen molar-refractivity contribution in [3.63, 3.8) is 0 Å². The first-order chi connectivity index (χ1) is 11.2. The van der Waals surface area contributed by atoms with Gasteiger partial charge in [-0.1, -0.05) is 54.1 Å². The highest BCUT2D eigenvalue weighted by molar-refractivity contribution is 6.33. The molecule has 2 aromatic carbocycles. The molecule has 0 radical (unpaired) electrons. The third-order valence-corrected chi connectivity index (χ3v) is 4.87. The largest absolute Gasteiger partial charge is 0.336 e. The van der Waals surface area contributed by atoms with Crippen LogP contribution in [0, 0.1) is 0 Å². The minimum absolute atomic E-state index is 0.0302. The van der Waals surface area contributed by atoms with Crippen LogP contribution in [0.3, 0.4) is 0 Å². The van der Waals surface area contributed by atoms with E-state index in [1.807, 2.05) is 23.1 Å². The average molecular weight is 329 g/mol. The molecule has 1 aliphatic rings. The Morgan fingerprint density at radius 1 is 0.957 bits per heavy atom. The van der Waals surface area contributed by atoms with Gasteiger partial charge in [0.25, 0.3) is 5.91 Å². The molecule has 1 amide bonds. The van der Waals surface area contributed by atoms with Gasteiger partial charge in [-0.15, -0.1) is 0 Å². The molecule has 3 rings (SSSR count). The van der Waals surface area contributed by atoms with Gasteiger partial charge in [0.2, 0.25) is 0 Å². The Bertz CT molecular complexity index is 666. The molecule has 4 heteroatoms. The Morgan fingerprint density at radius 2 is 1.57 bits per heavy atom. The highest BCUT2D eigenvalue weighted by Gasteiger charge is 2.26. The molecule has 0 bridgehead atoms. The zero-order chi connectivity index (χ0) is 16.2. The lowest BCUT2D eigenvalue weighted by molar-refractivity contribution is 0.0582. The van der Waals surface area contributed by atoms with Gasteiger partial charge in [0.05, 0.1) is 10.6 Å². The van der Waals surface area contributed by atoms with Crippen LogP contribution >= 0.6 is 11.6 Å². The number of amides is 1. The van der Waals surface area contributed by atoms with Crippen LogP contribution < -0.4 is 0 Å². The molecule has 1 fully saturated rings. The van der Waals surface area contributed by atoms with Crippen LogP contribution in [-0.4, -0.2) is 41.9 Å². The maximum absolute atomic E-state index is 12.6. The molecule has 23 heavy (non-hydrogen) atoms. The fourth-order valence-corrected chi connectivity index (χ4v) is 3.28. The summed E-state index contributed by atoms with van der Waals surface area (Å²) in [5, 5.41) is 0.526. The molecule has 0 spiro atoms. The van der Waals surface area contributed by atoms with E-state index in [-0.39, 0.29) is 5.91 Å². The van der Waals surface area contributed by atoms with Crippen molar-refractivity contribution >= 4 is 17.5 Å². The Balaban J connectivity index is 1.62. The minimum Gasteiger partial charge on any atom is -0.336 e. The number of piperazine rings is 1. The van der Waals surface area contributed by atoms with E-state index in [0.717, 1.165) is 26.2 Å². The van der Waals surface area contributed by atoms with E-state index in [1.165, 1.54) is 5.56 Å². The normalized spacial score (nSPS) is 17.0. The summed E-state index contributed by atoms with van der Waals surface area (Å²) in [6.45, 7) is 5.46. The van der Waals surface area contributed by atoms with Crippen LogP contribution in [0.1, 0.15) is 28.9 Å². The molecule has 2 aromatic rings. The number of hydrogen-bond donors (Lipinski definition) is 0. The van der Waals surface area contributed by atoms with Crippen LogP contribution in [0.2, 0.25) is 5.02 Å². The Labute approximate surface area is 142 Å². The van der Waals surface area contributed by atoms with Crippen LogP contribution in [-0.2, 0) is 0 Å². The smallest absolute Gasteiger partial charge is 0.255 e. The first-order valence-electron chi connectivity index (χ1n) is 7.99. The van der Waals surface area contributed by atoms with E-state index in [0.29, 0.717) is 16.6 Å². The molecular weight excluding hydrogens is 308 g/mol. The maximum Gasteiger partial charge on any atom is 0.255 e. The number of carbonyl (C=O) groups excluding carboxylic acids is 1. The first kappa shape index (κ1) is 16.0. The number of carbonyl (C=O) groups is 1. The van der Waals surface area contributed by atoms with Gasteiger partial charge in [0.15, 0.2) is 0 Å². The quantitative estimate of drug-likeness (QED) is 0.854. The van der Waals surface area contributed by atoms with Crippen LogP contribution in [0.4, 0.5) is 0 Å². The number of hydrogen-bond acceptors (Lipinski definition) is 2. The van der Waals surface area contributed by atoms with E-state index < -0.39 is 0 Å².